The highest BCUT2D eigenvalue weighted by Gasteiger charge is 2.29. The number of hydrogen-bond acceptors (Lipinski definition) is 3. The van der Waals surface area contributed by atoms with Crippen LogP contribution in [0.2, 0.25) is 0 Å². The van der Waals surface area contributed by atoms with Crippen molar-refractivity contribution in [3.05, 3.63) is 0 Å². The van der Waals surface area contributed by atoms with Gasteiger partial charge in [-0.1, -0.05) is 26.2 Å². The van der Waals surface area contributed by atoms with Crippen LogP contribution in [0.4, 0.5) is 0 Å². The van der Waals surface area contributed by atoms with Crippen molar-refractivity contribution >= 4 is 0 Å². The SMILES string of the molecule is CCCCCCNCCN1CCN2CCCC2C1. The van der Waals surface area contributed by atoms with E-state index in [2.05, 4.69) is 22.0 Å². The zero-order chi connectivity index (χ0) is 12.6. The van der Waals surface area contributed by atoms with Gasteiger partial charge in [0.15, 0.2) is 0 Å². The Morgan fingerprint density at radius 2 is 2.00 bits per heavy atom. The summed E-state index contributed by atoms with van der Waals surface area (Å²) in [7, 11) is 0. The summed E-state index contributed by atoms with van der Waals surface area (Å²) < 4.78 is 0. The highest BCUT2D eigenvalue weighted by molar-refractivity contribution is 4.86. The monoisotopic (exact) mass is 253 g/mol. The Kier molecular flexibility index (Phi) is 6.46. The molecule has 2 fully saturated rings. The van der Waals surface area contributed by atoms with E-state index in [4.69, 9.17) is 0 Å². The molecule has 3 heteroatoms. The van der Waals surface area contributed by atoms with E-state index in [-0.39, 0.29) is 0 Å². The van der Waals surface area contributed by atoms with E-state index in [9.17, 15) is 0 Å². The van der Waals surface area contributed by atoms with Crippen LogP contribution in [0.5, 0.6) is 0 Å². The third-order valence-corrected chi connectivity index (χ3v) is 4.48. The van der Waals surface area contributed by atoms with Crippen LogP contribution in [0.15, 0.2) is 0 Å². The molecule has 0 aromatic heterocycles. The molecule has 0 aliphatic carbocycles. The molecule has 0 bridgehead atoms. The van der Waals surface area contributed by atoms with Crippen molar-refractivity contribution in [1.29, 1.82) is 0 Å². The van der Waals surface area contributed by atoms with Crippen molar-refractivity contribution in [2.24, 2.45) is 0 Å². The fourth-order valence-corrected chi connectivity index (χ4v) is 3.30. The Labute approximate surface area is 113 Å². The van der Waals surface area contributed by atoms with Gasteiger partial charge in [0, 0.05) is 38.8 Å². The summed E-state index contributed by atoms with van der Waals surface area (Å²) in [4.78, 5) is 5.35. The molecule has 1 atom stereocenters. The molecule has 2 aliphatic rings. The molecule has 1 unspecified atom stereocenters. The summed E-state index contributed by atoms with van der Waals surface area (Å²) in [6.45, 7) is 11.2. The molecule has 0 amide bonds. The van der Waals surface area contributed by atoms with Crippen LogP contribution in [0.25, 0.3) is 0 Å². The lowest BCUT2D eigenvalue weighted by Crippen LogP contribution is -2.51. The first-order valence-corrected chi connectivity index (χ1v) is 8.07. The standard InChI is InChI=1S/C15H31N3/c1-2-3-4-5-8-16-9-11-17-12-13-18-10-6-7-15(18)14-17/h15-16H,2-14H2,1H3. The number of piperazine rings is 1. The maximum atomic E-state index is 3.60. The lowest BCUT2D eigenvalue weighted by Gasteiger charge is -2.37. The molecule has 2 rings (SSSR count). The fraction of sp³-hybridized carbons (Fsp3) is 1.00. The molecule has 3 nitrogen and oxygen atoms in total. The van der Waals surface area contributed by atoms with Crippen molar-refractivity contribution in [2.75, 3.05) is 45.8 Å². The third kappa shape index (κ3) is 4.52. The van der Waals surface area contributed by atoms with Gasteiger partial charge in [0.05, 0.1) is 0 Å². The van der Waals surface area contributed by atoms with Crippen molar-refractivity contribution in [3.8, 4) is 0 Å². The normalized spacial score (nSPS) is 25.5. The van der Waals surface area contributed by atoms with Crippen LogP contribution in [-0.2, 0) is 0 Å². The fourth-order valence-electron chi connectivity index (χ4n) is 3.30. The molecule has 0 aromatic carbocycles. The second-order valence-electron chi connectivity index (χ2n) is 5.94. The molecule has 1 N–H and O–H groups in total. The zero-order valence-corrected chi connectivity index (χ0v) is 12.2. The van der Waals surface area contributed by atoms with Crippen LogP contribution in [0, 0.1) is 0 Å². The van der Waals surface area contributed by atoms with E-state index in [1.54, 1.807) is 0 Å². The van der Waals surface area contributed by atoms with Crippen molar-refractivity contribution < 1.29 is 0 Å². The van der Waals surface area contributed by atoms with Gasteiger partial charge in [-0.25, -0.2) is 0 Å². The number of unbranched alkanes of at least 4 members (excludes halogenated alkanes) is 3. The predicted molar refractivity (Wildman–Crippen MR) is 78.0 cm³/mol. The first-order chi connectivity index (χ1) is 8.90. The van der Waals surface area contributed by atoms with Crippen LogP contribution < -0.4 is 5.32 Å². The average molecular weight is 253 g/mol. The summed E-state index contributed by atoms with van der Waals surface area (Å²) >= 11 is 0. The van der Waals surface area contributed by atoms with Crippen LogP contribution in [0.3, 0.4) is 0 Å². The average Bonchev–Trinajstić information content (AvgIpc) is 2.85. The third-order valence-electron chi connectivity index (χ3n) is 4.48. The van der Waals surface area contributed by atoms with Gasteiger partial charge in [0.25, 0.3) is 0 Å². The molecule has 106 valence electrons. The van der Waals surface area contributed by atoms with Crippen LogP contribution in [-0.4, -0.2) is 61.7 Å². The number of rotatable bonds is 8. The first kappa shape index (κ1) is 14.3. The Bertz CT molecular complexity index is 220. The molecule has 2 saturated heterocycles. The summed E-state index contributed by atoms with van der Waals surface area (Å²) in [5.74, 6) is 0. The topological polar surface area (TPSA) is 18.5 Å². The van der Waals surface area contributed by atoms with Gasteiger partial charge >= 0.3 is 0 Å². The summed E-state index contributed by atoms with van der Waals surface area (Å²) in [6.07, 6.45) is 8.33. The maximum Gasteiger partial charge on any atom is 0.0224 e. The van der Waals surface area contributed by atoms with Gasteiger partial charge in [-0.15, -0.1) is 0 Å². The van der Waals surface area contributed by atoms with E-state index in [0.29, 0.717) is 0 Å². The molecule has 0 aromatic rings. The van der Waals surface area contributed by atoms with Gasteiger partial charge in [-0.2, -0.15) is 0 Å². The van der Waals surface area contributed by atoms with Gasteiger partial charge in [0.1, 0.15) is 0 Å². The number of nitrogens with one attached hydrogen (secondary N) is 1. The minimum Gasteiger partial charge on any atom is -0.315 e. The van der Waals surface area contributed by atoms with Gasteiger partial charge in [-0.05, 0) is 32.4 Å². The van der Waals surface area contributed by atoms with Gasteiger partial charge < -0.3 is 5.32 Å². The quantitative estimate of drug-likeness (QED) is 0.667. The molecular formula is C15H31N3. The smallest absolute Gasteiger partial charge is 0.0224 e. The number of nitrogens with zero attached hydrogens (tertiary/aromatic N) is 2. The van der Waals surface area contributed by atoms with Crippen molar-refractivity contribution in [3.63, 3.8) is 0 Å². The Hall–Kier alpha value is -0.120. The first-order valence-electron chi connectivity index (χ1n) is 8.07. The molecular weight excluding hydrogens is 222 g/mol. The van der Waals surface area contributed by atoms with E-state index in [1.165, 1.54) is 84.3 Å². The summed E-state index contributed by atoms with van der Waals surface area (Å²) in [5.41, 5.74) is 0. The van der Waals surface area contributed by atoms with Gasteiger partial charge in [-0.3, -0.25) is 9.80 Å². The minimum atomic E-state index is 0.878. The van der Waals surface area contributed by atoms with E-state index < -0.39 is 0 Å². The highest BCUT2D eigenvalue weighted by Crippen LogP contribution is 2.20. The molecule has 0 radical (unpaired) electrons. The van der Waals surface area contributed by atoms with Gasteiger partial charge in [0.2, 0.25) is 0 Å². The Balaban J connectivity index is 1.47. The molecule has 0 saturated carbocycles. The lowest BCUT2D eigenvalue weighted by atomic mass is 10.1. The molecule has 18 heavy (non-hydrogen) atoms. The molecule has 0 spiro atoms. The second-order valence-corrected chi connectivity index (χ2v) is 5.94. The maximum absolute atomic E-state index is 3.60. The Morgan fingerprint density at radius 3 is 2.89 bits per heavy atom. The van der Waals surface area contributed by atoms with E-state index in [0.717, 1.165) is 6.04 Å². The summed E-state index contributed by atoms with van der Waals surface area (Å²) in [6, 6.07) is 0.878. The second kappa shape index (κ2) is 8.13. The van der Waals surface area contributed by atoms with E-state index >= 15 is 0 Å². The van der Waals surface area contributed by atoms with Crippen LogP contribution >= 0.6 is 0 Å². The highest BCUT2D eigenvalue weighted by atomic mass is 15.3. The lowest BCUT2D eigenvalue weighted by molar-refractivity contribution is 0.105. The summed E-state index contributed by atoms with van der Waals surface area (Å²) in [5, 5.41) is 3.60. The largest absolute Gasteiger partial charge is 0.315 e. The van der Waals surface area contributed by atoms with Crippen molar-refractivity contribution in [2.45, 2.75) is 51.5 Å². The van der Waals surface area contributed by atoms with Crippen molar-refractivity contribution in [1.82, 2.24) is 15.1 Å². The van der Waals surface area contributed by atoms with Crippen LogP contribution in [0.1, 0.15) is 45.4 Å². The minimum absolute atomic E-state index is 0.878. The predicted octanol–water partition coefficient (Wildman–Crippen LogP) is 1.94. The Morgan fingerprint density at radius 1 is 1.06 bits per heavy atom. The zero-order valence-electron chi connectivity index (χ0n) is 12.2. The van der Waals surface area contributed by atoms with E-state index in [1.807, 2.05) is 0 Å². The number of hydrogen-bond donors (Lipinski definition) is 1. The molecule has 2 aliphatic heterocycles. The molecule has 2 heterocycles. The number of fused-ring (bicyclic) bond motifs is 1.